The van der Waals surface area contributed by atoms with E-state index in [4.69, 9.17) is 11.6 Å². The minimum Gasteiger partial charge on any atom is -0.334 e. The van der Waals surface area contributed by atoms with Crippen LogP contribution in [0, 0.1) is 0 Å². The zero-order valence-corrected chi connectivity index (χ0v) is 17.0. The van der Waals surface area contributed by atoms with E-state index in [1.165, 1.54) is 0 Å². The van der Waals surface area contributed by atoms with E-state index in [0.717, 1.165) is 49.9 Å². The van der Waals surface area contributed by atoms with Crippen LogP contribution in [0.2, 0.25) is 5.02 Å². The fourth-order valence-corrected chi connectivity index (χ4v) is 4.08. The molecule has 1 aliphatic rings. The first-order valence-electron chi connectivity index (χ1n) is 10.0. The van der Waals surface area contributed by atoms with Gasteiger partial charge in [-0.25, -0.2) is 4.68 Å². The van der Waals surface area contributed by atoms with Gasteiger partial charge < -0.3 is 4.90 Å². The summed E-state index contributed by atoms with van der Waals surface area (Å²) in [5.74, 6) is -0.0342. The molecule has 4 rings (SSSR count). The number of amides is 1. The van der Waals surface area contributed by atoms with Gasteiger partial charge in [-0.15, -0.1) is 5.10 Å². The molecule has 1 amide bonds. The molecule has 0 radical (unpaired) electrons. The topological polar surface area (TPSA) is 63.9 Å². The second-order valence-corrected chi connectivity index (χ2v) is 7.88. The van der Waals surface area contributed by atoms with Gasteiger partial charge in [0.25, 0.3) is 5.91 Å². The van der Waals surface area contributed by atoms with E-state index in [9.17, 15) is 4.79 Å². The lowest BCUT2D eigenvalue weighted by molar-refractivity contribution is 0.0595. The van der Waals surface area contributed by atoms with Crippen molar-refractivity contribution < 1.29 is 4.79 Å². The lowest BCUT2D eigenvalue weighted by atomic mass is 9.96. The molecular weight excluding hydrogens is 386 g/mol. The molecule has 1 aliphatic heterocycles. The van der Waals surface area contributed by atoms with Gasteiger partial charge in [0, 0.05) is 29.5 Å². The normalized spacial score (nSPS) is 16.7. The van der Waals surface area contributed by atoms with Crippen LogP contribution < -0.4 is 0 Å². The number of likely N-dealkylation sites (tertiary alicyclic amines) is 1. The van der Waals surface area contributed by atoms with Crippen molar-refractivity contribution in [3.05, 3.63) is 76.8 Å². The summed E-state index contributed by atoms with van der Waals surface area (Å²) < 4.78 is 1.69. The number of hydrogen-bond donors (Lipinski definition) is 0. The van der Waals surface area contributed by atoms with Crippen LogP contribution in [-0.2, 0) is 13.0 Å². The molecule has 7 heteroatoms. The average molecular weight is 410 g/mol. The molecule has 2 aromatic heterocycles. The maximum absolute atomic E-state index is 13.1. The molecular formula is C22H24ClN5O. The number of aromatic nitrogens is 4. The summed E-state index contributed by atoms with van der Waals surface area (Å²) in [6.45, 7) is 1.30. The van der Waals surface area contributed by atoms with Crippen molar-refractivity contribution in [3.63, 3.8) is 0 Å². The number of pyridine rings is 1. The minimum atomic E-state index is -0.0342. The van der Waals surface area contributed by atoms with Crippen LogP contribution in [0.25, 0.3) is 0 Å². The minimum absolute atomic E-state index is 0.0342. The molecule has 0 spiro atoms. The molecule has 6 nitrogen and oxygen atoms in total. The summed E-state index contributed by atoms with van der Waals surface area (Å²) in [6.07, 6.45) is 8.54. The Morgan fingerprint density at radius 3 is 2.93 bits per heavy atom. The van der Waals surface area contributed by atoms with Crippen molar-refractivity contribution >= 4 is 17.5 Å². The molecule has 0 saturated carbocycles. The molecule has 3 heterocycles. The number of aryl methyl sites for hydroxylation is 1. The number of rotatable bonds is 6. The second-order valence-electron chi connectivity index (χ2n) is 7.44. The van der Waals surface area contributed by atoms with Gasteiger partial charge >= 0.3 is 0 Å². The van der Waals surface area contributed by atoms with Gasteiger partial charge in [0.05, 0.1) is 12.7 Å². The van der Waals surface area contributed by atoms with E-state index in [2.05, 4.69) is 15.3 Å². The van der Waals surface area contributed by atoms with Crippen LogP contribution >= 0.6 is 11.6 Å². The van der Waals surface area contributed by atoms with Gasteiger partial charge in [-0.05, 0) is 61.9 Å². The van der Waals surface area contributed by atoms with Crippen molar-refractivity contribution in [2.24, 2.45) is 0 Å². The van der Waals surface area contributed by atoms with Crippen LogP contribution in [0.3, 0.4) is 0 Å². The molecule has 3 aromatic rings. The molecule has 0 N–H and O–H groups in total. The number of hydrogen-bond acceptors (Lipinski definition) is 4. The van der Waals surface area contributed by atoms with Crippen molar-refractivity contribution in [2.45, 2.75) is 44.7 Å². The van der Waals surface area contributed by atoms with Crippen molar-refractivity contribution in [1.82, 2.24) is 24.9 Å². The Balaban J connectivity index is 1.42. The molecule has 1 fully saturated rings. The third kappa shape index (κ3) is 5.01. The Bertz CT molecular complexity index is 959. The predicted octanol–water partition coefficient (Wildman–Crippen LogP) is 4.00. The first-order chi connectivity index (χ1) is 14.2. The number of carbonyl (C=O) groups is 1. The summed E-state index contributed by atoms with van der Waals surface area (Å²) in [7, 11) is 0. The van der Waals surface area contributed by atoms with Gasteiger partial charge in [0.1, 0.15) is 0 Å². The van der Waals surface area contributed by atoms with Crippen molar-refractivity contribution in [1.29, 1.82) is 0 Å². The van der Waals surface area contributed by atoms with Gasteiger partial charge in [-0.1, -0.05) is 35.0 Å². The average Bonchev–Trinajstić information content (AvgIpc) is 3.21. The first kappa shape index (κ1) is 19.6. The van der Waals surface area contributed by atoms with E-state index in [1.54, 1.807) is 10.9 Å². The largest absolute Gasteiger partial charge is 0.334 e. The zero-order chi connectivity index (χ0) is 20.1. The van der Waals surface area contributed by atoms with Crippen LogP contribution in [0.15, 0.2) is 54.9 Å². The number of carbonyl (C=O) groups excluding carboxylic acids is 1. The maximum atomic E-state index is 13.1. The summed E-state index contributed by atoms with van der Waals surface area (Å²) in [5, 5.41) is 8.96. The Morgan fingerprint density at radius 1 is 1.17 bits per heavy atom. The quantitative estimate of drug-likeness (QED) is 0.617. The highest BCUT2D eigenvalue weighted by atomic mass is 35.5. The van der Waals surface area contributed by atoms with E-state index in [1.807, 2.05) is 53.6 Å². The summed E-state index contributed by atoms with van der Waals surface area (Å²) in [6, 6.07) is 13.8. The van der Waals surface area contributed by atoms with E-state index in [0.29, 0.717) is 17.3 Å². The molecule has 0 aliphatic carbocycles. The van der Waals surface area contributed by atoms with Gasteiger partial charge in [-0.3, -0.25) is 9.78 Å². The van der Waals surface area contributed by atoms with Crippen LogP contribution in [0.5, 0.6) is 0 Å². The van der Waals surface area contributed by atoms with Crippen LogP contribution in [0.1, 0.15) is 47.4 Å². The maximum Gasteiger partial charge on any atom is 0.276 e. The number of nitrogens with zero attached hydrogens (tertiary/aromatic N) is 5. The number of piperidine rings is 1. The summed E-state index contributed by atoms with van der Waals surface area (Å²) >= 11 is 6.05. The smallest absolute Gasteiger partial charge is 0.276 e. The lowest BCUT2D eigenvalue weighted by Crippen LogP contribution is -2.44. The Morgan fingerprint density at radius 2 is 2.10 bits per heavy atom. The van der Waals surface area contributed by atoms with Gasteiger partial charge in [0.2, 0.25) is 0 Å². The summed E-state index contributed by atoms with van der Waals surface area (Å²) in [5.41, 5.74) is 2.49. The molecule has 150 valence electrons. The second kappa shape index (κ2) is 9.18. The molecule has 0 unspecified atom stereocenters. The molecule has 1 saturated heterocycles. The van der Waals surface area contributed by atoms with E-state index in [-0.39, 0.29) is 11.9 Å². The molecule has 29 heavy (non-hydrogen) atoms. The Labute approximate surface area is 175 Å². The monoisotopic (exact) mass is 409 g/mol. The molecule has 1 aromatic carbocycles. The Hall–Kier alpha value is -2.73. The fraction of sp³-hybridized carbons (Fsp3) is 0.364. The standard InChI is InChI=1S/C22H24ClN5O/c23-18-7-5-6-17(14-18)15-27-16-21(25-26-27)22(29)28-13-4-2-9-20(28)11-10-19-8-1-3-12-24-19/h1,3,5-8,12,14,16,20H,2,4,9-11,13,15H2/t20-/m0/s1. The highest BCUT2D eigenvalue weighted by molar-refractivity contribution is 6.30. The third-order valence-electron chi connectivity index (χ3n) is 5.34. The molecule has 1 atom stereocenters. The Kier molecular flexibility index (Phi) is 6.20. The molecule has 0 bridgehead atoms. The predicted molar refractivity (Wildman–Crippen MR) is 112 cm³/mol. The number of halogens is 1. The third-order valence-corrected chi connectivity index (χ3v) is 5.57. The SMILES string of the molecule is O=C(c1cn(Cc2cccc(Cl)c2)nn1)N1CCCC[C@H]1CCc1ccccn1. The van der Waals surface area contributed by atoms with Crippen LogP contribution in [0.4, 0.5) is 0 Å². The summed E-state index contributed by atoms with van der Waals surface area (Å²) in [4.78, 5) is 19.5. The van der Waals surface area contributed by atoms with Gasteiger partial charge in [-0.2, -0.15) is 0 Å². The van der Waals surface area contributed by atoms with Crippen molar-refractivity contribution in [2.75, 3.05) is 6.54 Å². The highest BCUT2D eigenvalue weighted by Gasteiger charge is 2.29. The van der Waals surface area contributed by atoms with E-state index >= 15 is 0 Å². The van der Waals surface area contributed by atoms with Gasteiger partial charge in [0.15, 0.2) is 5.69 Å². The van der Waals surface area contributed by atoms with Crippen molar-refractivity contribution in [3.8, 4) is 0 Å². The zero-order valence-electron chi connectivity index (χ0n) is 16.2. The fourth-order valence-electron chi connectivity index (χ4n) is 3.87. The lowest BCUT2D eigenvalue weighted by Gasteiger charge is -2.35. The highest BCUT2D eigenvalue weighted by Crippen LogP contribution is 2.23. The van der Waals surface area contributed by atoms with Crippen LogP contribution in [-0.4, -0.2) is 43.4 Å². The van der Waals surface area contributed by atoms with E-state index < -0.39 is 0 Å². The first-order valence-corrected chi connectivity index (χ1v) is 10.4. The number of benzene rings is 1.